The van der Waals surface area contributed by atoms with Crippen LogP contribution in [0.15, 0.2) is 97.2 Å². The van der Waals surface area contributed by atoms with Crippen molar-refractivity contribution in [2.45, 2.75) is 354 Å². The number of rotatable bonds is 64. The summed E-state index contributed by atoms with van der Waals surface area (Å²) in [6.07, 6.45) is 94.5. The molecule has 1 atom stereocenters. The molecule has 0 aromatic heterocycles. The number of carbonyl (C=O) groups excluding carboxylic acids is 3. The van der Waals surface area contributed by atoms with Gasteiger partial charge in [-0.15, -0.1) is 0 Å². The van der Waals surface area contributed by atoms with Crippen LogP contribution < -0.4 is 0 Å². The molecule has 0 aromatic rings. The first kappa shape index (κ1) is 78.3. The minimum absolute atomic E-state index is 0.0812. The number of esters is 3. The lowest BCUT2D eigenvalue weighted by Crippen LogP contribution is -2.30. The van der Waals surface area contributed by atoms with E-state index in [0.717, 1.165) is 128 Å². The number of hydrogen-bond donors (Lipinski definition) is 0. The summed E-state index contributed by atoms with van der Waals surface area (Å²) in [6, 6.07) is 0. The van der Waals surface area contributed by atoms with Gasteiger partial charge >= 0.3 is 17.9 Å². The lowest BCUT2D eigenvalue weighted by molar-refractivity contribution is -0.167. The van der Waals surface area contributed by atoms with E-state index in [9.17, 15) is 14.4 Å². The predicted molar refractivity (Wildman–Crippen MR) is 357 cm³/mol. The Morgan fingerprint density at radius 3 is 0.805 bits per heavy atom. The summed E-state index contributed by atoms with van der Waals surface area (Å²) < 4.78 is 16.9. The summed E-state index contributed by atoms with van der Waals surface area (Å²) in [5.74, 6) is -0.889. The second-order valence-corrected chi connectivity index (χ2v) is 23.4. The van der Waals surface area contributed by atoms with Crippen LogP contribution in [0.3, 0.4) is 0 Å². The van der Waals surface area contributed by atoms with Crippen LogP contribution in [0.4, 0.5) is 0 Å². The molecule has 0 amide bonds. The van der Waals surface area contributed by atoms with Crippen LogP contribution in [-0.2, 0) is 28.6 Å². The number of unbranched alkanes of at least 4 members (excludes halogenated alkanes) is 37. The monoisotopic (exact) mass is 1140 g/mol. The van der Waals surface area contributed by atoms with Crippen molar-refractivity contribution in [1.82, 2.24) is 0 Å². The van der Waals surface area contributed by atoms with E-state index in [1.165, 1.54) is 180 Å². The Bertz CT molecular complexity index is 1590. The quantitative estimate of drug-likeness (QED) is 0.0261. The summed E-state index contributed by atoms with van der Waals surface area (Å²) in [5, 5.41) is 0. The van der Waals surface area contributed by atoms with Crippen molar-refractivity contribution in [3.8, 4) is 0 Å². The summed E-state index contributed by atoms with van der Waals surface area (Å²) in [7, 11) is 0. The van der Waals surface area contributed by atoms with Gasteiger partial charge in [-0.25, -0.2) is 0 Å². The van der Waals surface area contributed by atoms with Gasteiger partial charge in [-0.2, -0.15) is 0 Å². The summed E-state index contributed by atoms with van der Waals surface area (Å²) in [6.45, 7) is 6.48. The zero-order valence-corrected chi connectivity index (χ0v) is 54.2. The van der Waals surface area contributed by atoms with Crippen molar-refractivity contribution in [2.75, 3.05) is 13.2 Å². The Kier molecular flexibility index (Phi) is 66.7. The highest BCUT2D eigenvalue weighted by molar-refractivity contribution is 5.71. The Labute approximate surface area is 508 Å². The minimum Gasteiger partial charge on any atom is -0.462 e. The van der Waals surface area contributed by atoms with Crippen LogP contribution >= 0.6 is 0 Å². The Hall–Kier alpha value is -3.67. The normalized spacial score (nSPS) is 12.7. The SMILES string of the molecule is CC/C=C\C/C=C\C/C=C\C/C=C\C/C=C\CCCCCCCCCCCCCCCCCCCCCC(=O)OCC(COC(=O)CCCCCCC/C=C\C/C=C\CCC)OC(=O)CCCCCCC/C=C\CCCCCCCCC. The molecule has 0 fully saturated rings. The van der Waals surface area contributed by atoms with Gasteiger partial charge in [0, 0.05) is 19.3 Å². The highest BCUT2D eigenvalue weighted by Crippen LogP contribution is 2.17. The molecule has 0 saturated heterocycles. The average molecular weight is 1140 g/mol. The zero-order valence-electron chi connectivity index (χ0n) is 54.2. The molecule has 0 bridgehead atoms. The number of hydrogen-bond acceptors (Lipinski definition) is 6. The van der Waals surface area contributed by atoms with E-state index in [1.54, 1.807) is 0 Å². The largest absolute Gasteiger partial charge is 0.462 e. The molecule has 0 aromatic carbocycles. The Morgan fingerprint density at radius 2 is 0.500 bits per heavy atom. The average Bonchev–Trinajstić information content (AvgIpc) is 3.47. The summed E-state index contributed by atoms with van der Waals surface area (Å²) >= 11 is 0. The molecule has 0 radical (unpaired) electrons. The highest BCUT2D eigenvalue weighted by Gasteiger charge is 2.19. The molecule has 0 heterocycles. The van der Waals surface area contributed by atoms with Gasteiger partial charge in [0.2, 0.25) is 0 Å². The van der Waals surface area contributed by atoms with Crippen molar-refractivity contribution in [3.63, 3.8) is 0 Å². The maximum Gasteiger partial charge on any atom is 0.306 e. The van der Waals surface area contributed by atoms with Gasteiger partial charge in [0.1, 0.15) is 13.2 Å². The van der Waals surface area contributed by atoms with Crippen LogP contribution in [0, 0.1) is 0 Å². The molecule has 472 valence electrons. The molecule has 6 nitrogen and oxygen atoms in total. The van der Waals surface area contributed by atoms with Gasteiger partial charge in [0.05, 0.1) is 0 Å². The zero-order chi connectivity index (χ0) is 59.2. The fraction of sp³-hybridized carbons (Fsp3) is 0.750. The summed E-state index contributed by atoms with van der Waals surface area (Å²) in [4.78, 5) is 38.3. The maximum absolute atomic E-state index is 12.9. The smallest absolute Gasteiger partial charge is 0.306 e. The van der Waals surface area contributed by atoms with Crippen LogP contribution in [0.2, 0.25) is 0 Å². The third-order valence-corrected chi connectivity index (χ3v) is 15.3. The molecule has 0 rings (SSSR count). The molecule has 0 saturated carbocycles. The Morgan fingerprint density at radius 1 is 0.256 bits per heavy atom. The molecule has 0 aliphatic rings. The molecule has 0 N–H and O–H groups in total. The van der Waals surface area contributed by atoms with Crippen molar-refractivity contribution in [1.29, 1.82) is 0 Å². The van der Waals surface area contributed by atoms with Crippen LogP contribution in [0.25, 0.3) is 0 Å². The molecule has 0 aliphatic carbocycles. The van der Waals surface area contributed by atoms with Crippen molar-refractivity contribution >= 4 is 17.9 Å². The van der Waals surface area contributed by atoms with E-state index in [-0.39, 0.29) is 31.1 Å². The van der Waals surface area contributed by atoms with E-state index < -0.39 is 6.10 Å². The molecular weight excluding hydrogens is 1010 g/mol. The molecule has 1 unspecified atom stereocenters. The van der Waals surface area contributed by atoms with Crippen LogP contribution in [0.5, 0.6) is 0 Å². The molecule has 82 heavy (non-hydrogen) atoms. The van der Waals surface area contributed by atoms with Crippen molar-refractivity contribution in [3.05, 3.63) is 97.2 Å². The predicted octanol–water partition coefficient (Wildman–Crippen LogP) is 24.4. The molecule has 6 heteroatoms. The first-order valence-corrected chi connectivity index (χ1v) is 35.2. The standard InChI is InChI=1S/C76H132O6/c1-4-7-10-13-16-19-22-25-27-29-30-31-32-33-34-35-36-37-38-39-40-41-42-43-44-45-46-47-49-51-54-57-60-63-66-69-75(78)81-72-73(71-80-74(77)68-65-62-59-56-53-50-24-21-18-15-12-9-6-3)82-76(79)70-67-64-61-58-55-52-48-28-26-23-20-17-14-11-8-5-2/h7,10,12,15-16,19,21,24-25,27-28,30-31,33-34,48,73H,4-6,8-9,11,13-14,17-18,20,22-23,26,29,32,35-47,49-72H2,1-3H3/b10-7-,15-12-,19-16-,24-21-,27-25-,31-30-,34-33-,48-28-. The van der Waals surface area contributed by atoms with E-state index in [1.807, 2.05) is 0 Å². The van der Waals surface area contributed by atoms with E-state index >= 15 is 0 Å². The van der Waals surface area contributed by atoms with Crippen molar-refractivity contribution in [2.24, 2.45) is 0 Å². The molecule has 0 aliphatic heterocycles. The van der Waals surface area contributed by atoms with Crippen LogP contribution in [0.1, 0.15) is 348 Å². The topological polar surface area (TPSA) is 78.9 Å². The lowest BCUT2D eigenvalue weighted by Gasteiger charge is -2.18. The summed E-state index contributed by atoms with van der Waals surface area (Å²) in [5.41, 5.74) is 0. The van der Waals surface area contributed by atoms with E-state index in [4.69, 9.17) is 14.2 Å². The molecular formula is C76H132O6. The fourth-order valence-corrected chi connectivity index (χ4v) is 10.0. The van der Waals surface area contributed by atoms with Gasteiger partial charge in [0.25, 0.3) is 0 Å². The lowest BCUT2D eigenvalue weighted by atomic mass is 10.0. The second-order valence-electron chi connectivity index (χ2n) is 23.4. The third-order valence-electron chi connectivity index (χ3n) is 15.3. The maximum atomic E-state index is 12.9. The van der Waals surface area contributed by atoms with Gasteiger partial charge in [0.15, 0.2) is 6.10 Å². The van der Waals surface area contributed by atoms with Gasteiger partial charge in [-0.1, -0.05) is 311 Å². The highest BCUT2D eigenvalue weighted by atomic mass is 16.6. The van der Waals surface area contributed by atoms with Crippen LogP contribution in [-0.4, -0.2) is 37.2 Å². The Balaban J connectivity index is 4.13. The number of ether oxygens (including phenoxy) is 3. The van der Waals surface area contributed by atoms with E-state index in [2.05, 4.69) is 118 Å². The third kappa shape index (κ3) is 67.1. The number of carbonyl (C=O) groups is 3. The first-order chi connectivity index (χ1) is 40.5. The van der Waals surface area contributed by atoms with Gasteiger partial charge in [-0.05, 0) is 116 Å². The minimum atomic E-state index is -0.786. The first-order valence-electron chi connectivity index (χ1n) is 35.2. The molecule has 0 spiro atoms. The van der Waals surface area contributed by atoms with Crippen molar-refractivity contribution < 1.29 is 28.6 Å². The van der Waals surface area contributed by atoms with Gasteiger partial charge in [-0.3, -0.25) is 14.4 Å². The second kappa shape index (κ2) is 69.8. The fourth-order valence-electron chi connectivity index (χ4n) is 10.0. The van der Waals surface area contributed by atoms with Gasteiger partial charge < -0.3 is 14.2 Å². The van der Waals surface area contributed by atoms with E-state index in [0.29, 0.717) is 19.3 Å². The number of allylic oxidation sites excluding steroid dienone is 16.